The molecule has 0 radical (unpaired) electrons. The van der Waals surface area contributed by atoms with Crippen molar-refractivity contribution in [2.75, 3.05) is 20.3 Å². The molecule has 0 atom stereocenters. The van der Waals surface area contributed by atoms with Gasteiger partial charge in [-0.1, -0.05) is 41.9 Å². The van der Waals surface area contributed by atoms with Crippen molar-refractivity contribution in [1.29, 1.82) is 0 Å². The Morgan fingerprint density at radius 1 is 1.04 bits per heavy atom. The van der Waals surface area contributed by atoms with Crippen LogP contribution in [0.3, 0.4) is 0 Å². The van der Waals surface area contributed by atoms with Gasteiger partial charge in [-0.3, -0.25) is 4.99 Å². The molecule has 24 heavy (non-hydrogen) atoms. The van der Waals surface area contributed by atoms with Crippen LogP contribution in [-0.4, -0.2) is 26.2 Å². The van der Waals surface area contributed by atoms with Gasteiger partial charge >= 0.3 is 0 Å². The predicted octanol–water partition coefficient (Wildman–Crippen LogP) is 2.98. The molecule has 0 aromatic heterocycles. The molecule has 0 amide bonds. The minimum atomic E-state index is 0.528. The average Bonchev–Trinajstić information content (AvgIpc) is 2.63. The van der Waals surface area contributed by atoms with E-state index in [2.05, 4.69) is 27.8 Å². The molecule has 0 bridgehead atoms. The number of hydrogen-bond acceptors (Lipinski definition) is 3. The van der Waals surface area contributed by atoms with Crippen LogP contribution in [0.4, 0.5) is 0 Å². The number of benzene rings is 2. The van der Waals surface area contributed by atoms with Crippen LogP contribution in [0.25, 0.3) is 0 Å². The third-order valence-corrected chi connectivity index (χ3v) is 3.92. The Bertz CT molecular complexity index is 720. The van der Waals surface area contributed by atoms with E-state index >= 15 is 0 Å². The number of guanidine groups is 1. The number of nitrogens with zero attached hydrogens (tertiary/aromatic N) is 1. The van der Waals surface area contributed by atoms with Crippen LogP contribution in [0.15, 0.2) is 47.5 Å². The molecule has 1 aliphatic heterocycles. The lowest BCUT2D eigenvalue weighted by Crippen LogP contribution is -2.36. The second-order valence-electron chi connectivity index (χ2n) is 5.37. The van der Waals surface area contributed by atoms with Crippen LogP contribution in [-0.2, 0) is 13.1 Å². The molecule has 5 nitrogen and oxygen atoms in total. The van der Waals surface area contributed by atoms with Gasteiger partial charge in [0, 0.05) is 20.1 Å². The maximum Gasteiger partial charge on any atom is 0.191 e. The van der Waals surface area contributed by atoms with Crippen LogP contribution in [0.5, 0.6) is 11.5 Å². The quantitative estimate of drug-likeness (QED) is 0.660. The summed E-state index contributed by atoms with van der Waals surface area (Å²) in [6.07, 6.45) is 0. The number of nitrogens with one attached hydrogen (secondary N) is 2. The normalized spacial score (nSPS) is 13.5. The Hall–Kier alpha value is -2.40. The van der Waals surface area contributed by atoms with E-state index in [1.54, 1.807) is 7.05 Å². The Balaban J connectivity index is 1.59. The van der Waals surface area contributed by atoms with Crippen LogP contribution in [0.1, 0.15) is 11.1 Å². The first-order valence-electron chi connectivity index (χ1n) is 7.82. The summed E-state index contributed by atoms with van der Waals surface area (Å²) in [6.45, 7) is 2.37. The van der Waals surface area contributed by atoms with E-state index in [4.69, 9.17) is 21.1 Å². The average molecular weight is 346 g/mol. The van der Waals surface area contributed by atoms with Gasteiger partial charge in [0.15, 0.2) is 17.5 Å². The van der Waals surface area contributed by atoms with Crippen molar-refractivity contribution >= 4 is 17.6 Å². The summed E-state index contributed by atoms with van der Waals surface area (Å²) in [7, 11) is 1.75. The van der Waals surface area contributed by atoms with Crippen molar-refractivity contribution in [2.45, 2.75) is 13.1 Å². The monoisotopic (exact) mass is 345 g/mol. The van der Waals surface area contributed by atoms with E-state index < -0.39 is 0 Å². The second-order valence-corrected chi connectivity index (χ2v) is 5.77. The van der Waals surface area contributed by atoms with Crippen molar-refractivity contribution in [3.63, 3.8) is 0 Å². The van der Waals surface area contributed by atoms with Gasteiger partial charge in [0.25, 0.3) is 0 Å². The summed E-state index contributed by atoms with van der Waals surface area (Å²) >= 11 is 6.26. The molecule has 1 heterocycles. The molecule has 0 spiro atoms. The van der Waals surface area contributed by atoms with E-state index in [-0.39, 0.29) is 0 Å². The maximum atomic E-state index is 6.26. The topological polar surface area (TPSA) is 54.9 Å². The molecular weight excluding hydrogens is 326 g/mol. The number of halogens is 1. The van der Waals surface area contributed by atoms with E-state index in [1.807, 2.05) is 30.3 Å². The fraction of sp³-hybridized carbons (Fsp3) is 0.278. The highest BCUT2D eigenvalue weighted by Gasteiger charge is 2.16. The van der Waals surface area contributed by atoms with Gasteiger partial charge in [0.2, 0.25) is 0 Å². The fourth-order valence-electron chi connectivity index (χ4n) is 2.45. The highest BCUT2D eigenvalue weighted by atomic mass is 35.5. The molecule has 0 fully saturated rings. The molecule has 3 rings (SSSR count). The number of rotatable bonds is 4. The molecular formula is C18H20ClN3O2. The zero-order chi connectivity index (χ0) is 16.8. The van der Waals surface area contributed by atoms with Crippen molar-refractivity contribution in [3.8, 4) is 11.5 Å². The van der Waals surface area contributed by atoms with Gasteiger partial charge in [-0.05, 0) is 23.3 Å². The van der Waals surface area contributed by atoms with Gasteiger partial charge in [-0.15, -0.1) is 0 Å². The molecule has 2 N–H and O–H groups in total. The molecule has 6 heteroatoms. The number of ether oxygens (including phenoxy) is 2. The van der Waals surface area contributed by atoms with Crippen molar-refractivity contribution in [1.82, 2.24) is 10.6 Å². The first-order chi connectivity index (χ1) is 11.8. The van der Waals surface area contributed by atoms with Gasteiger partial charge in [0.1, 0.15) is 13.2 Å². The highest BCUT2D eigenvalue weighted by Crippen LogP contribution is 2.38. The first-order valence-corrected chi connectivity index (χ1v) is 8.20. The third kappa shape index (κ3) is 4.11. The highest BCUT2D eigenvalue weighted by molar-refractivity contribution is 6.32. The van der Waals surface area contributed by atoms with Crippen molar-refractivity contribution in [2.24, 2.45) is 4.99 Å². The largest absolute Gasteiger partial charge is 0.486 e. The molecule has 0 unspecified atom stereocenters. The smallest absolute Gasteiger partial charge is 0.191 e. The third-order valence-electron chi connectivity index (χ3n) is 3.64. The predicted molar refractivity (Wildman–Crippen MR) is 95.9 cm³/mol. The van der Waals surface area contributed by atoms with Crippen LogP contribution in [0, 0.1) is 0 Å². The zero-order valence-corrected chi connectivity index (χ0v) is 14.3. The fourth-order valence-corrected chi connectivity index (χ4v) is 2.74. The van der Waals surface area contributed by atoms with E-state index in [0.29, 0.717) is 42.8 Å². The molecule has 2 aromatic carbocycles. The van der Waals surface area contributed by atoms with Gasteiger partial charge in [-0.2, -0.15) is 0 Å². The minimum Gasteiger partial charge on any atom is -0.486 e. The van der Waals surface area contributed by atoms with Crippen molar-refractivity contribution < 1.29 is 9.47 Å². The number of hydrogen-bond donors (Lipinski definition) is 2. The van der Waals surface area contributed by atoms with E-state index in [0.717, 1.165) is 11.5 Å². The first kappa shape index (κ1) is 16.5. The Labute approximate surface area is 146 Å². The van der Waals surface area contributed by atoms with Crippen LogP contribution >= 0.6 is 11.6 Å². The maximum absolute atomic E-state index is 6.26. The summed E-state index contributed by atoms with van der Waals surface area (Å²) in [5.41, 5.74) is 2.20. The Morgan fingerprint density at radius 3 is 2.50 bits per heavy atom. The Kier molecular flexibility index (Phi) is 5.43. The summed E-state index contributed by atoms with van der Waals surface area (Å²) in [4.78, 5) is 4.23. The van der Waals surface area contributed by atoms with E-state index in [1.165, 1.54) is 5.56 Å². The Morgan fingerprint density at radius 2 is 1.75 bits per heavy atom. The summed E-state index contributed by atoms with van der Waals surface area (Å²) in [6, 6.07) is 14.0. The lowest BCUT2D eigenvalue weighted by atomic mass is 10.2. The molecule has 0 aliphatic carbocycles. The molecule has 1 aliphatic rings. The second kappa shape index (κ2) is 7.93. The SMILES string of the molecule is CN=C(NCc1ccccc1)NCc1cc(Cl)c2c(c1)OCCO2. The number of aliphatic imine (C=N–C) groups is 1. The summed E-state index contributed by atoms with van der Waals surface area (Å²) in [5.74, 6) is 2.04. The minimum absolute atomic E-state index is 0.528. The number of fused-ring (bicyclic) bond motifs is 1. The van der Waals surface area contributed by atoms with Gasteiger partial charge < -0.3 is 20.1 Å². The van der Waals surface area contributed by atoms with Gasteiger partial charge in [-0.25, -0.2) is 0 Å². The van der Waals surface area contributed by atoms with E-state index in [9.17, 15) is 0 Å². The van der Waals surface area contributed by atoms with Gasteiger partial charge in [0.05, 0.1) is 5.02 Å². The molecule has 126 valence electrons. The zero-order valence-electron chi connectivity index (χ0n) is 13.5. The summed E-state index contributed by atoms with van der Waals surface area (Å²) in [5, 5.41) is 7.12. The standard InChI is InChI=1S/C18H20ClN3O2/c1-20-18(21-11-13-5-3-2-4-6-13)22-12-14-9-15(19)17-16(10-14)23-7-8-24-17/h2-6,9-10H,7-8,11-12H2,1H3,(H2,20,21,22). The molecule has 0 saturated carbocycles. The molecule has 0 saturated heterocycles. The van der Waals surface area contributed by atoms with Crippen LogP contribution < -0.4 is 20.1 Å². The lowest BCUT2D eigenvalue weighted by Gasteiger charge is -2.20. The lowest BCUT2D eigenvalue weighted by molar-refractivity contribution is 0.171. The van der Waals surface area contributed by atoms with Crippen LogP contribution in [0.2, 0.25) is 5.02 Å². The van der Waals surface area contributed by atoms with Crippen molar-refractivity contribution in [3.05, 3.63) is 58.6 Å². The molecule has 2 aromatic rings. The summed E-state index contributed by atoms with van der Waals surface area (Å²) < 4.78 is 11.1.